The molecule has 6 heteroatoms. The molecule has 0 aliphatic heterocycles. The molecule has 2 N–H and O–H groups in total. The molecule has 2 heterocycles. The summed E-state index contributed by atoms with van der Waals surface area (Å²) in [6.45, 7) is 6.77. The van der Waals surface area contributed by atoms with Crippen molar-refractivity contribution in [3.8, 4) is 11.4 Å². The van der Waals surface area contributed by atoms with E-state index >= 15 is 0 Å². The van der Waals surface area contributed by atoms with Crippen molar-refractivity contribution in [2.45, 2.75) is 27.3 Å². The van der Waals surface area contributed by atoms with Gasteiger partial charge in [-0.15, -0.1) is 11.3 Å². The number of rotatable bonds is 4. The molecule has 0 saturated carbocycles. The summed E-state index contributed by atoms with van der Waals surface area (Å²) in [5, 5.41) is 11.6. The van der Waals surface area contributed by atoms with Crippen molar-refractivity contribution in [2.24, 2.45) is 0 Å². The molecular formula is C15H17N5S. The Hall–Kier alpha value is -2.21. The maximum Gasteiger partial charge on any atom is 0.181 e. The van der Waals surface area contributed by atoms with Crippen LogP contribution in [0, 0.1) is 20.8 Å². The molecule has 21 heavy (non-hydrogen) atoms. The molecule has 3 aromatic rings. The van der Waals surface area contributed by atoms with Crippen molar-refractivity contribution < 1.29 is 0 Å². The van der Waals surface area contributed by atoms with Crippen LogP contribution in [0.3, 0.4) is 0 Å². The summed E-state index contributed by atoms with van der Waals surface area (Å²) < 4.78 is 0. The Kier molecular flexibility index (Phi) is 3.70. The first kappa shape index (κ1) is 13.8. The Morgan fingerprint density at radius 3 is 2.71 bits per heavy atom. The summed E-state index contributed by atoms with van der Waals surface area (Å²) >= 11 is 1.73. The van der Waals surface area contributed by atoms with Gasteiger partial charge in [0, 0.05) is 16.1 Å². The Balaban J connectivity index is 1.76. The van der Waals surface area contributed by atoms with E-state index in [0.717, 1.165) is 40.1 Å². The molecule has 5 nitrogen and oxygen atoms in total. The minimum atomic E-state index is 0.723. The molecule has 0 spiro atoms. The number of aromatic amines is 1. The average Bonchev–Trinajstić information content (AvgIpc) is 3.03. The fraction of sp³-hybridized carbons (Fsp3) is 0.267. The van der Waals surface area contributed by atoms with Gasteiger partial charge < -0.3 is 5.32 Å². The lowest BCUT2D eigenvalue weighted by atomic mass is 10.2. The molecule has 0 bridgehead atoms. The SMILES string of the molecule is Cc1nc(-c2cccc(NCc3sc(C)nc3C)c2)n[nH]1. The number of H-pyrrole nitrogens is 1. The predicted octanol–water partition coefficient (Wildman–Crippen LogP) is 3.47. The Bertz CT molecular complexity index is 759. The van der Waals surface area contributed by atoms with Crippen LogP contribution in [0.15, 0.2) is 24.3 Å². The molecule has 0 amide bonds. The molecule has 108 valence electrons. The Morgan fingerprint density at radius 2 is 2.05 bits per heavy atom. The first-order chi connectivity index (χ1) is 10.1. The van der Waals surface area contributed by atoms with Crippen LogP contribution in [0.1, 0.15) is 21.4 Å². The molecular weight excluding hydrogens is 282 g/mol. The van der Waals surface area contributed by atoms with Gasteiger partial charge in [0.25, 0.3) is 0 Å². The van der Waals surface area contributed by atoms with E-state index < -0.39 is 0 Å². The van der Waals surface area contributed by atoms with Gasteiger partial charge in [0.05, 0.1) is 17.2 Å². The monoisotopic (exact) mass is 299 g/mol. The summed E-state index contributed by atoms with van der Waals surface area (Å²) in [5.74, 6) is 1.54. The number of aromatic nitrogens is 4. The highest BCUT2D eigenvalue weighted by Gasteiger charge is 2.06. The maximum atomic E-state index is 4.45. The van der Waals surface area contributed by atoms with E-state index in [1.54, 1.807) is 11.3 Å². The van der Waals surface area contributed by atoms with Crippen molar-refractivity contribution >= 4 is 17.0 Å². The molecule has 0 unspecified atom stereocenters. The normalized spacial score (nSPS) is 10.8. The smallest absolute Gasteiger partial charge is 0.181 e. The van der Waals surface area contributed by atoms with Crippen LogP contribution in [0.2, 0.25) is 0 Å². The molecule has 2 aromatic heterocycles. The minimum absolute atomic E-state index is 0.723. The molecule has 0 atom stereocenters. The zero-order valence-corrected chi connectivity index (χ0v) is 13.1. The summed E-state index contributed by atoms with van der Waals surface area (Å²) in [6.07, 6.45) is 0. The molecule has 0 fully saturated rings. The fourth-order valence-corrected chi connectivity index (χ4v) is 3.04. The summed E-state index contributed by atoms with van der Waals surface area (Å²) in [5.41, 5.74) is 3.16. The molecule has 0 aliphatic rings. The first-order valence-corrected chi connectivity index (χ1v) is 7.59. The lowest BCUT2D eigenvalue weighted by Crippen LogP contribution is -1.99. The van der Waals surface area contributed by atoms with Gasteiger partial charge in [-0.05, 0) is 32.9 Å². The van der Waals surface area contributed by atoms with Gasteiger partial charge in [0.15, 0.2) is 5.82 Å². The summed E-state index contributed by atoms with van der Waals surface area (Å²) in [6, 6.07) is 8.13. The third-order valence-corrected chi connectivity index (χ3v) is 4.24. The number of aryl methyl sites for hydroxylation is 3. The van der Waals surface area contributed by atoms with E-state index in [1.807, 2.05) is 39.0 Å². The number of hydrogen-bond donors (Lipinski definition) is 2. The second kappa shape index (κ2) is 5.65. The average molecular weight is 299 g/mol. The van der Waals surface area contributed by atoms with Crippen molar-refractivity contribution in [1.29, 1.82) is 0 Å². The van der Waals surface area contributed by atoms with Gasteiger partial charge in [-0.3, -0.25) is 5.10 Å². The van der Waals surface area contributed by atoms with Crippen molar-refractivity contribution in [2.75, 3.05) is 5.32 Å². The lowest BCUT2D eigenvalue weighted by molar-refractivity contribution is 1.04. The Labute approximate surface area is 127 Å². The molecule has 0 aliphatic carbocycles. The third-order valence-electron chi connectivity index (χ3n) is 3.17. The standard InChI is InChI=1S/C15H17N5S/c1-9-14(21-11(3)17-9)8-16-13-6-4-5-12(7-13)15-18-10(2)19-20-15/h4-7,16H,8H2,1-3H3,(H,18,19,20). The summed E-state index contributed by atoms with van der Waals surface area (Å²) in [7, 11) is 0. The number of thiazole rings is 1. The van der Waals surface area contributed by atoms with Gasteiger partial charge >= 0.3 is 0 Å². The number of nitrogens with zero attached hydrogens (tertiary/aromatic N) is 3. The lowest BCUT2D eigenvalue weighted by Gasteiger charge is -2.06. The van der Waals surface area contributed by atoms with Crippen molar-refractivity contribution in [1.82, 2.24) is 20.2 Å². The topological polar surface area (TPSA) is 66.5 Å². The van der Waals surface area contributed by atoms with Crippen LogP contribution in [-0.4, -0.2) is 20.2 Å². The van der Waals surface area contributed by atoms with E-state index in [9.17, 15) is 0 Å². The van der Waals surface area contributed by atoms with Crippen LogP contribution >= 0.6 is 11.3 Å². The minimum Gasteiger partial charge on any atom is -0.380 e. The highest BCUT2D eigenvalue weighted by molar-refractivity contribution is 7.11. The zero-order chi connectivity index (χ0) is 14.8. The number of hydrogen-bond acceptors (Lipinski definition) is 5. The van der Waals surface area contributed by atoms with E-state index in [2.05, 4.69) is 31.5 Å². The van der Waals surface area contributed by atoms with Crippen molar-refractivity contribution in [3.63, 3.8) is 0 Å². The van der Waals surface area contributed by atoms with Crippen LogP contribution in [-0.2, 0) is 6.54 Å². The van der Waals surface area contributed by atoms with E-state index in [4.69, 9.17) is 0 Å². The van der Waals surface area contributed by atoms with Crippen LogP contribution in [0.5, 0.6) is 0 Å². The first-order valence-electron chi connectivity index (χ1n) is 6.78. The van der Waals surface area contributed by atoms with Gasteiger partial charge in [0.1, 0.15) is 5.82 Å². The van der Waals surface area contributed by atoms with E-state index in [1.165, 1.54) is 4.88 Å². The van der Waals surface area contributed by atoms with Gasteiger partial charge in [-0.2, -0.15) is 5.10 Å². The van der Waals surface area contributed by atoms with Gasteiger partial charge in [-0.1, -0.05) is 12.1 Å². The van der Waals surface area contributed by atoms with E-state index in [-0.39, 0.29) is 0 Å². The predicted molar refractivity (Wildman–Crippen MR) is 85.5 cm³/mol. The number of nitrogens with one attached hydrogen (secondary N) is 2. The van der Waals surface area contributed by atoms with Crippen molar-refractivity contribution in [3.05, 3.63) is 45.7 Å². The Morgan fingerprint density at radius 1 is 1.19 bits per heavy atom. The second-order valence-corrected chi connectivity index (χ2v) is 6.21. The quantitative estimate of drug-likeness (QED) is 0.774. The molecule has 0 saturated heterocycles. The van der Waals surface area contributed by atoms with Crippen LogP contribution in [0.4, 0.5) is 5.69 Å². The zero-order valence-electron chi connectivity index (χ0n) is 12.3. The summed E-state index contributed by atoms with van der Waals surface area (Å²) in [4.78, 5) is 10.1. The molecule has 0 radical (unpaired) electrons. The second-order valence-electron chi connectivity index (χ2n) is 4.92. The van der Waals surface area contributed by atoms with Gasteiger partial charge in [-0.25, -0.2) is 9.97 Å². The molecule has 3 rings (SSSR count). The van der Waals surface area contributed by atoms with Crippen LogP contribution in [0.25, 0.3) is 11.4 Å². The van der Waals surface area contributed by atoms with E-state index in [0.29, 0.717) is 0 Å². The van der Waals surface area contributed by atoms with Crippen LogP contribution < -0.4 is 5.32 Å². The van der Waals surface area contributed by atoms with Gasteiger partial charge in [0.2, 0.25) is 0 Å². The fourth-order valence-electron chi connectivity index (χ4n) is 2.16. The third kappa shape index (κ3) is 3.11. The highest BCUT2D eigenvalue weighted by Crippen LogP contribution is 2.22. The largest absolute Gasteiger partial charge is 0.380 e. The number of anilines is 1. The maximum absolute atomic E-state index is 4.45. The number of benzene rings is 1. The molecule has 1 aromatic carbocycles. The highest BCUT2D eigenvalue weighted by atomic mass is 32.1.